The van der Waals surface area contributed by atoms with Crippen molar-refractivity contribution in [3.05, 3.63) is 12.2 Å². The van der Waals surface area contributed by atoms with Crippen molar-refractivity contribution >= 4 is 16.0 Å². The van der Waals surface area contributed by atoms with Crippen LogP contribution in [0.3, 0.4) is 0 Å². The van der Waals surface area contributed by atoms with Crippen molar-refractivity contribution < 1.29 is 69.1 Å². The molecule has 0 heterocycles. The third kappa shape index (κ3) is 4.74. The van der Waals surface area contributed by atoms with E-state index < -0.39 is 26.3 Å². The predicted molar refractivity (Wildman–Crippen MR) is 60.8 cm³/mol. The van der Waals surface area contributed by atoms with Gasteiger partial charge in [-0.1, -0.05) is 6.58 Å². The van der Waals surface area contributed by atoms with Gasteiger partial charge < -0.3 is 9.87 Å². The Bertz CT molecular complexity index is 412. The van der Waals surface area contributed by atoms with E-state index in [4.69, 9.17) is 0 Å². The first-order valence-corrected chi connectivity index (χ1v) is 6.17. The minimum absolute atomic E-state index is 0. The Morgan fingerprint density at radius 1 is 1.24 bits per heavy atom. The van der Waals surface area contributed by atoms with Crippen molar-refractivity contribution in [2.45, 2.75) is 44.9 Å². The molecule has 0 aromatic heterocycles. The molecule has 0 bridgehead atoms. The van der Waals surface area contributed by atoms with Gasteiger partial charge in [0.25, 0.3) is 0 Å². The van der Waals surface area contributed by atoms with Crippen LogP contribution in [0.1, 0.15) is 34.6 Å². The second-order valence-corrected chi connectivity index (χ2v) is 6.75. The van der Waals surface area contributed by atoms with Gasteiger partial charge in [0, 0.05) is 5.57 Å². The summed E-state index contributed by atoms with van der Waals surface area (Å²) in [5, 5.41) is 2.48. The molecule has 94 valence electrons. The first-order valence-electron chi connectivity index (χ1n) is 4.76. The SMILES string of the molecule is C=C(C)C(=O)NC(C)(C)C(C)(C)S(=O)(=O)[O-].[K+]. The summed E-state index contributed by atoms with van der Waals surface area (Å²) in [6.45, 7) is 10.5. The maximum absolute atomic E-state index is 11.4. The van der Waals surface area contributed by atoms with Crippen LogP contribution in [-0.4, -0.2) is 29.2 Å². The Hall–Kier alpha value is 0.756. The van der Waals surface area contributed by atoms with Crippen LogP contribution >= 0.6 is 0 Å². The summed E-state index contributed by atoms with van der Waals surface area (Å²) in [5.74, 6) is -0.471. The van der Waals surface area contributed by atoms with E-state index in [-0.39, 0.29) is 57.0 Å². The fourth-order valence-corrected chi connectivity index (χ4v) is 1.53. The van der Waals surface area contributed by atoms with E-state index in [0.717, 1.165) is 0 Å². The first kappa shape index (κ1) is 20.1. The molecule has 0 aliphatic rings. The van der Waals surface area contributed by atoms with E-state index in [1.165, 1.54) is 34.6 Å². The molecule has 0 fully saturated rings. The molecular formula is C10H18KNO4S. The van der Waals surface area contributed by atoms with Gasteiger partial charge in [-0.25, -0.2) is 8.42 Å². The molecule has 0 aromatic carbocycles. The molecule has 1 amide bonds. The Labute approximate surface area is 146 Å². The van der Waals surface area contributed by atoms with Crippen molar-refractivity contribution in [1.29, 1.82) is 0 Å². The number of nitrogens with one attached hydrogen (secondary N) is 1. The van der Waals surface area contributed by atoms with Gasteiger partial charge in [-0.2, -0.15) is 0 Å². The van der Waals surface area contributed by atoms with Gasteiger partial charge in [0.1, 0.15) is 10.1 Å². The maximum Gasteiger partial charge on any atom is 1.00 e. The summed E-state index contributed by atoms with van der Waals surface area (Å²) < 4.78 is 31.8. The minimum atomic E-state index is -4.53. The smallest absolute Gasteiger partial charge is 0.747 e. The number of hydrogen-bond acceptors (Lipinski definition) is 4. The van der Waals surface area contributed by atoms with Gasteiger partial charge >= 0.3 is 51.4 Å². The van der Waals surface area contributed by atoms with E-state index in [2.05, 4.69) is 11.9 Å². The number of hydrogen-bond donors (Lipinski definition) is 1. The topological polar surface area (TPSA) is 86.3 Å². The molecule has 0 saturated heterocycles. The van der Waals surface area contributed by atoms with Crippen molar-refractivity contribution in [1.82, 2.24) is 5.32 Å². The van der Waals surface area contributed by atoms with Crippen LogP contribution in [0.5, 0.6) is 0 Å². The van der Waals surface area contributed by atoms with Crippen LogP contribution in [0.4, 0.5) is 0 Å². The number of carbonyl (C=O) groups excluding carboxylic acids is 1. The van der Waals surface area contributed by atoms with Crippen LogP contribution in [0, 0.1) is 0 Å². The summed E-state index contributed by atoms with van der Waals surface area (Å²) in [6.07, 6.45) is 0. The molecule has 0 unspecified atom stereocenters. The number of amides is 1. The second kappa shape index (κ2) is 6.27. The molecule has 7 heteroatoms. The summed E-state index contributed by atoms with van der Waals surface area (Å²) in [4.78, 5) is 11.4. The molecule has 0 saturated carbocycles. The van der Waals surface area contributed by atoms with Crippen LogP contribution in [-0.2, 0) is 14.9 Å². The molecular weight excluding hydrogens is 269 g/mol. The van der Waals surface area contributed by atoms with Gasteiger partial charge in [-0.05, 0) is 34.6 Å². The number of carbonyl (C=O) groups is 1. The normalized spacial score (nSPS) is 12.6. The molecule has 0 aliphatic carbocycles. The average Bonchev–Trinajstić information content (AvgIpc) is 2.00. The van der Waals surface area contributed by atoms with Gasteiger partial charge in [-0.3, -0.25) is 4.79 Å². The number of rotatable bonds is 4. The first-order chi connectivity index (χ1) is 6.83. The molecule has 0 rings (SSSR count). The molecule has 0 aromatic rings. The summed E-state index contributed by atoms with van der Waals surface area (Å²) in [5.41, 5.74) is -0.920. The molecule has 0 radical (unpaired) electrons. The van der Waals surface area contributed by atoms with E-state index >= 15 is 0 Å². The third-order valence-corrected chi connectivity index (χ3v) is 4.70. The van der Waals surface area contributed by atoms with Crippen LogP contribution in [0.25, 0.3) is 0 Å². The fraction of sp³-hybridized carbons (Fsp3) is 0.700. The van der Waals surface area contributed by atoms with Crippen LogP contribution < -0.4 is 56.7 Å². The average molecular weight is 287 g/mol. The predicted octanol–water partition coefficient (Wildman–Crippen LogP) is -2.21. The monoisotopic (exact) mass is 287 g/mol. The molecule has 17 heavy (non-hydrogen) atoms. The van der Waals surface area contributed by atoms with E-state index in [1.54, 1.807) is 0 Å². The van der Waals surface area contributed by atoms with Crippen molar-refractivity contribution in [3.8, 4) is 0 Å². The van der Waals surface area contributed by atoms with Crippen molar-refractivity contribution in [2.24, 2.45) is 0 Å². The van der Waals surface area contributed by atoms with Gasteiger partial charge in [0.15, 0.2) is 0 Å². The third-order valence-electron chi connectivity index (χ3n) is 2.94. The molecule has 0 atom stereocenters. The molecule has 0 aliphatic heterocycles. The summed E-state index contributed by atoms with van der Waals surface area (Å²) in [6, 6.07) is 0. The zero-order valence-corrected chi connectivity index (χ0v) is 15.2. The Kier molecular flexibility index (Phi) is 7.41. The Morgan fingerprint density at radius 2 is 1.59 bits per heavy atom. The van der Waals surface area contributed by atoms with E-state index in [1.807, 2.05) is 0 Å². The fourth-order valence-electron chi connectivity index (χ4n) is 0.854. The summed E-state index contributed by atoms with van der Waals surface area (Å²) in [7, 11) is -4.53. The Morgan fingerprint density at radius 3 is 1.82 bits per heavy atom. The molecule has 5 nitrogen and oxygen atoms in total. The van der Waals surface area contributed by atoms with Crippen molar-refractivity contribution in [3.63, 3.8) is 0 Å². The second-order valence-electron chi connectivity index (χ2n) is 4.82. The standard InChI is InChI=1S/C10H19NO4S.K/c1-7(2)8(12)11-9(3,4)10(5,6)16(13,14)15;/h1H2,2-6H3,(H,11,12)(H,13,14,15);/q;+1/p-1. The van der Waals surface area contributed by atoms with Crippen molar-refractivity contribution in [2.75, 3.05) is 0 Å². The zero-order chi connectivity index (χ0) is 13.4. The Balaban J connectivity index is 0. The summed E-state index contributed by atoms with van der Waals surface area (Å²) >= 11 is 0. The quantitative estimate of drug-likeness (QED) is 0.361. The van der Waals surface area contributed by atoms with Gasteiger partial charge in [-0.15, -0.1) is 0 Å². The molecule has 1 N–H and O–H groups in total. The largest absolute Gasteiger partial charge is 1.00 e. The zero-order valence-electron chi connectivity index (χ0n) is 11.2. The van der Waals surface area contributed by atoms with Crippen LogP contribution in [0.15, 0.2) is 12.2 Å². The van der Waals surface area contributed by atoms with Crippen LogP contribution in [0.2, 0.25) is 0 Å². The maximum atomic E-state index is 11.4. The van der Waals surface area contributed by atoms with E-state index in [0.29, 0.717) is 0 Å². The van der Waals surface area contributed by atoms with Gasteiger partial charge in [0.2, 0.25) is 5.91 Å². The minimum Gasteiger partial charge on any atom is -0.747 e. The molecule has 0 spiro atoms. The van der Waals surface area contributed by atoms with E-state index in [9.17, 15) is 17.8 Å². The van der Waals surface area contributed by atoms with Gasteiger partial charge in [0.05, 0.1) is 10.3 Å².